The fourth-order valence-electron chi connectivity index (χ4n) is 1.21. The zero-order valence-electron chi connectivity index (χ0n) is 10.4. The summed E-state index contributed by atoms with van der Waals surface area (Å²) in [5, 5.41) is 3.10. The molecular weight excluding hydrogens is 220 g/mol. The van der Waals surface area contributed by atoms with Crippen LogP contribution in [0, 0.1) is 0 Å². The van der Waals surface area contributed by atoms with Crippen molar-refractivity contribution in [1.29, 1.82) is 0 Å². The molecule has 1 aliphatic rings. The molecule has 17 heavy (non-hydrogen) atoms. The monoisotopic (exact) mass is 238 g/mol. The van der Waals surface area contributed by atoms with Gasteiger partial charge in [0.15, 0.2) is 0 Å². The first-order valence-corrected chi connectivity index (χ1v) is 5.71. The molecule has 1 fully saturated rings. The molecule has 0 saturated carbocycles. The maximum absolute atomic E-state index is 11.1. The van der Waals surface area contributed by atoms with Crippen molar-refractivity contribution in [1.82, 2.24) is 10.3 Å². The van der Waals surface area contributed by atoms with Gasteiger partial charge in [0, 0.05) is 13.1 Å². The Kier molecular flexibility index (Phi) is 5.42. The number of aromatic nitrogens is 1. The highest BCUT2D eigenvalue weighted by molar-refractivity contribution is 5.87. The van der Waals surface area contributed by atoms with Crippen molar-refractivity contribution in [3.05, 3.63) is 24.0 Å². The SMILES string of the molecule is CC.COC(=O)c1ccc(OC2CNC2)cn1. The molecule has 1 N–H and O–H groups in total. The van der Waals surface area contributed by atoms with Gasteiger partial charge in [-0.1, -0.05) is 13.8 Å². The lowest BCUT2D eigenvalue weighted by atomic mass is 10.2. The number of pyridine rings is 1. The highest BCUT2D eigenvalue weighted by atomic mass is 16.5. The van der Waals surface area contributed by atoms with E-state index >= 15 is 0 Å². The molecule has 1 aliphatic heterocycles. The molecule has 0 amide bonds. The van der Waals surface area contributed by atoms with Gasteiger partial charge in [-0.2, -0.15) is 0 Å². The molecule has 2 rings (SSSR count). The van der Waals surface area contributed by atoms with Crippen LogP contribution in [0.3, 0.4) is 0 Å². The number of nitrogens with one attached hydrogen (secondary N) is 1. The summed E-state index contributed by atoms with van der Waals surface area (Å²) in [6.07, 6.45) is 1.75. The standard InChI is InChI=1S/C10H12N2O3.C2H6/c1-14-10(13)9-3-2-7(6-12-9)15-8-4-11-5-8;1-2/h2-3,6,8,11H,4-5H2,1H3;1-2H3. The van der Waals surface area contributed by atoms with Gasteiger partial charge in [0.1, 0.15) is 17.5 Å². The first kappa shape index (κ1) is 13.4. The maximum atomic E-state index is 11.1. The Balaban J connectivity index is 0.000000686. The number of hydrogen-bond donors (Lipinski definition) is 1. The van der Waals surface area contributed by atoms with Crippen molar-refractivity contribution >= 4 is 5.97 Å². The van der Waals surface area contributed by atoms with E-state index in [-0.39, 0.29) is 11.8 Å². The third kappa shape index (κ3) is 3.71. The zero-order chi connectivity index (χ0) is 12.7. The normalized spacial score (nSPS) is 14.1. The first-order chi connectivity index (χ1) is 8.29. The van der Waals surface area contributed by atoms with Crippen molar-refractivity contribution in [2.24, 2.45) is 0 Å². The molecule has 1 aromatic rings. The van der Waals surface area contributed by atoms with Gasteiger partial charge in [-0.25, -0.2) is 9.78 Å². The number of methoxy groups -OCH3 is 1. The van der Waals surface area contributed by atoms with Gasteiger partial charge in [0.25, 0.3) is 0 Å². The molecule has 0 aromatic carbocycles. The highest BCUT2D eigenvalue weighted by Gasteiger charge is 2.18. The van der Waals surface area contributed by atoms with E-state index in [4.69, 9.17) is 4.74 Å². The third-order valence-corrected chi connectivity index (χ3v) is 2.18. The van der Waals surface area contributed by atoms with Crippen LogP contribution in [0.1, 0.15) is 24.3 Å². The molecular formula is C12H18N2O3. The summed E-state index contributed by atoms with van der Waals surface area (Å²) in [5.74, 6) is 0.237. The van der Waals surface area contributed by atoms with Gasteiger partial charge in [-0.15, -0.1) is 0 Å². The average Bonchev–Trinajstić information content (AvgIpc) is 2.36. The van der Waals surface area contributed by atoms with Crippen LogP contribution in [-0.4, -0.2) is 37.3 Å². The van der Waals surface area contributed by atoms with Crippen LogP contribution >= 0.6 is 0 Å². The van der Waals surface area contributed by atoms with Crippen molar-refractivity contribution < 1.29 is 14.3 Å². The number of nitrogens with zero attached hydrogens (tertiary/aromatic N) is 1. The number of hydrogen-bond acceptors (Lipinski definition) is 5. The molecule has 94 valence electrons. The minimum absolute atomic E-state index is 0.218. The van der Waals surface area contributed by atoms with E-state index in [1.807, 2.05) is 13.8 Å². The van der Waals surface area contributed by atoms with E-state index in [1.54, 1.807) is 12.1 Å². The molecule has 0 unspecified atom stereocenters. The number of carbonyl (C=O) groups is 1. The molecule has 1 saturated heterocycles. The fraction of sp³-hybridized carbons (Fsp3) is 0.500. The summed E-state index contributed by atoms with van der Waals surface area (Å²) >= 11 is 0. The van der Waals surface area contributed by atoms with Gasteiger partial charge in [-0.3, -0.25) is 0 Å². The first-order valence-electron chi connectivity index (χ1n) is 5.71. The fourth-order valence-corrected chi connectivity index (χ4v) is 1.21. The smallest absolute Gasteiger partial charge is 0.356 e. The van der Waals surface area contributed by atoms with Gasteiger partial charge >= 0.3 is 5.97 Å². The number of ether oxygens (including phenoxy) is 2. The molecule has 1 aromatic heterocycles. The van der Waals surface area contributed by atoms with E-state index < -0.39 is 5.97 Å². The van der Waals surface area contributed by atoms with Crippen LogP contribution in [0.2, 0.25) is 0 Å². The van der Waals surface area contributed by atoms with Crippen molar-refractivity contribution in [3.8, 4) is 5.75 Å². The third-order valence-electron chi connectivity index (χ3n) is 2.18. The second kappa shape index (κ2) is 6.85. The number of carbonyl (C=O) groups excluding carboxylic acids is 1. The van der Waals surface area contributed by atoms with Gasteiger partial charge in [0.2, 0.25) is 0 Å². The van der Waals surface area contributed by atoms with Crippen LogP contribution in [0.25, 0.3) is 0 Å². The van der Waals surface area contributed by atoms with E-state index in [0.29, 0.717) is 5.75 Å². The van der Waals surface area contributed by atoms with Crippen LogP contribution in [-0.2, 0) is 4.74 Å². The van der Waals surface area contributed by atoms with Crippen LogP contribution in [0.15, 0.2) is 18.3 Å². The molecule has 0 aliphatic carbocycles. The van der Waals surface area contributed by atoms with Crippen molar-refractivity contribution in [2.45, 2.75) is 20.0 Å². The highest BCUT2D eigenvalue weighted by Crippen LogP contribution is 2.13. The summed E-state index contributed by atoms with van der Waals surface area (Å²) in [6.45, 7) is 5.72. The van der Waals surface area contributed by atoms with Crippen LogP contribution in [0.4, 0.5) is 0 Å². The predicted molar refractivity (Wildman–Crippen MR) is 64.2 cm³/mol. The largest absolute Gasteiger partial charge is 0.486 e. The molecule has 0 bridgehead atoms. The number of esters is 1. The minimum atomic E-state index is -0.438. The Morgan fingerprint density at radius 3 is 2.53 bits per heavy atom. The summed E-state index contributed by atoms with van der Waals surface area (Å²) in [6, 6.07) is 3.31. The summed E-state index contributed by atoms with van der Waals surface area (Å²) < 4.78 is 10.1. The predicted octanol–water partition coefficient (Wildman–Crippen LogP) is 1.24. The van der Waals surface area contributed by atoms with Crippen molar-refractivity contribution in [2.75, 3.05) is 20.2 Å². The molecule has 5 heteroatoms. The minimum Gasteiger partial charge on any atom is -0.486 e. The Morgan fingerprint density at radius 1 is 1.41 bits per heavy atom. The van der Waals surface area contributed by atoms with Crippen LogP contribution in [0.5, 0.6) is 5.75 Å². The average molecular weight is 238 g/mol. The Hall–Kier alpha value is -1.62. The van der Waals surface area contributed by atoms with Crippen molar-refractivity contribution in [3.63, 3.8) is 0 Å². The van der Waals surface area contributed by atoms with Gasteiger partial charge in [0.05, 0.1) is 13.3 Å². The quantitative estimate of drug-likeness (QED) is 0.803. The lowest BCUT2D eigenvalue weighted by Gasteiger charge is -2.27. The van der Waals surface area contributed by atoms with E-state index in [2.05, 4.69) is 15.0 Å². The van der Waals surface area contributed by atoms with Gasteiger partial charge in [-0.05, 0) is 12.1 Å². The second-order valence-electron chi connectivity index (χ2n) is 3.27. The Labute approximate surface area is 101 Å². The zero-order valence-corrected chi connectivity index (χ0v) is 10.4. The second-order valence-corrected chi connectivity index (χ2v) is 3.27. The Morgan fingerprint density at radius 2 is 2.12 bits per heavy atom. The molecule has 5 nitrogen and oxygen atoms in total. The molecule has 0 spiro atoms. The van der Waals surface area contributed by atoms with E-state index in [0.717, 1.165) is 13.1 Å². The maximum Gasteiger partial charge on any atom is 0.356 e. The topological polar surface area (TPSA) is 60.5 Å². The van der Waals surface area contributed by atoms with Gasteiger partial charge < -0.3 is 14.8 Å². The summed E-state index contributed by atoms with van der Waals surface area (Å²) in [7, 11) is 1.33. The lowest BCUT2D eigenvalue weighted by molar-refractivity contribution is 0.0594. The lowest BCUT2D eigenvalue weighted by Crippen LogP contribution is -2.50. The van der Waals surface area contributed by atoms with E-state index in [1.165, 1.54) is 13.3 Å². The summed E-state index contributed by atoms with van der Waals surface area (Å²) in [4.78, 5) is 15.0. The van der Waals surface area contributed by atoms with Crippen LogP contribution < -0.4 is 10.1 Å². The molecule has 0 radical (unpaired) electrons. The summed E-state index contributed by atoms with van der Waals surface area (Å²) in [5.41, 5.74) is 0.289. The number of rotatable bonds is 3. The molecule has 2 heterocycles. The Bertz CT molecular complexity index is 347. The molecule has 0 atom stereocenters. The van der Waals surface area contributed by atoms with E-state index in [9.17, 15) is 4.79 Å².